The summed E-state index contributed by atoms with van der Waals surface area (Å²) in [6.45, 7) is 9.41. The van der Waals surface area contributed by atoms with Gasteiger partial charge in [0.1, 0.15) is 0 Å². The Morgan fingerprint density at radius 3 is 1.47 bits per heavy atom. The molecule has 0 bridgehead atoms. The molecular formula is C13H26N2O4. The summed E-state index contributed by atoms with van der Waals surface area (Å²) < 4.78 is 21.7. The van der Waals surface area contributed by atoms with Crippen LogP contribution < -0.4 is 10.6 Å². The van der Waals surface area contributed by atoms with E-state index in [1.54, 1.807) is 0 Å². The highest BCUT2D eigenvalue weighted by molar-refractivity contribution is 4.89. The molecule has 0 aliphatic carbocycles. The molecule has 2 aliphatic rings. The van der Waals surface area contributed by atoms with Crippen LogP contribution in [-0.2, 0) is 18.9 Å². The Morgan fingerprint density at radius 1 is 0.579 bits per heavy atom. The summed E-state index contributed by atoms with van der Waals surface area (Å²) in [5.74, 6) is 0. The number of hydrogen-bond acceptors (Lipinski definition) is 6. The van der Waals surface area contributed by atoms with Crippen molar-refractivity contribution < 1.29 is 18.9 Å². The van der Waals surface area contributed by atoms with E-state index in [0.29, 0.717) is 26.4 Å². The van der Waals surface area contributed by atoms with E-state index >= 15 is 0 Å². The first-order valence-corrected chi connectivity index (χ1v) is 7.14. The molecule has 0 saturated carbocycles. The molecule has 2 N–H and O–H groups in total. The van der Waals surface area contributed by atoms with Gasteiger partial charge in [0.25, 0.3) is 0 Å². The van der Waals surface area contributed by atoms with Crippen LogP contribution in [0.2, 0.25) is 0 Å². The number of ether oxygens (including phenoxy) is 4. The summed E-state index contributed by atoms with van der Waals surface area (Å²) in [6.07, 6.45) is 0. The van der Waals surface area contributed by atoms with Crippen LogP contribution in [0.5, 0.6) is 0 Å². The molecule has 0 aromatic carbocycles. The van der Waals surface area contributed by atoms with E-state index in [1.165, 1.54) is 0 Å². The topological polar surface area (TPSA) is 61.0 Å². The highest BCUT2D eigenvalue weighted by Crippen LogP contribution is 2.25. The Kier molecular flexibility index (Phi) is 7.05. The van der Waals surface area contributed by atoms with E-state index in [9.17, 15) is 0 Å². The van der Waals surface area contributed by atoms with Crippen LogP contribution >= 0.6 is 0 Å². The van der Waals surface area contributed by atoms with Crippen molar-refractivity contribution in [3.63, 3.8) is 0 Å². The Morgan fingerprint density at radius 2 is 1.05 bits per heavy atom. The lowest BCUT2D eigenvalue weighted by atomic mass is 9.85. The van der Waals surface area contributed by atoms with Crippen LogP contribution in [0.3, 0.4) is 0 Å². The minimum Gasteiger partial charge on any atom is -0.380 e. The SMILES string of the molecule is C1COCCOCCOCCNCC2(CN1)COC2. The van der Waals surface area contributed by atoms with Crippen LogP contribution in [0, 0.1) is 5.41 Å². The van der Waals surface area contributed by atoms with Gasteiger partial charge in [-0.3, -0.25) is 0 Å². The molecule has 6 heteroatoms. The quantitative estimate of drug-likeness (QED) is 0.606. The average Bonchev–Trinajstić information content (AvgIpc) is 2.37. The van der Waals surface area contributed by atoms with Crippen molar-refractivity contribution in [1.82, 2.24) is 10.6 Å². The zero-order valence-electron chi connectivity index (χ0n) is 11.6. The zero-order valence-corrected chi connectivity index (χ0v) is 11.6. The third kappa shape index (κ3) is 5.72. The van der Waals surface area contributed by atoms with Gasteiger partial charge in [-0.25, -0.2) is 0 Å². The Bertz CT molecular complexity index is 219. The minimum absolute atomic E-state index is 0.250. The van der Waals surface area contributed by atoms with E-state index < -0.39 is 0 Å². The Labute approximate surface area is 115 Å². The van der Waals surface area contributed by atoms with Crippen LogP contribution in [0.4, 0.5) is 0 Å². The molecule has 2 aliphatic heterocycles. The predicted octanol–water partition coefficient (Wildman–Crippen LogP) is -0.754. The fourth-order valence-electron chi connectivity index (χ4n) is 2.20. The molecule has 0 aromatic rings. The third-order valence-corrected chi connectivity index (χ3v) is 3.41. The summed E-state index contributed by atoms with van der Waals surface area (Å²) in [5.41, 5.74) is 0.250. The lowest BCUT2D eigenvalue weighted by Crippen LogP contribution is -2.56. The molecule has 2 rings (SSSR count). The fourth-order valence-corrected chi connectivity index (χ4v) is 2.20. The van der Waals surface area contributed by atoms with Crippen molar-refractivity contribution in [2.45, 2.75) is 0 Å². The van der Waals surface area contributed by atoms with Gasteiger partial charge in [-0.15, -0.1) is 0 Å². The van der Waals surface area contributed by atoms with Crippen LogP contribution in [0.1, 0.15) is 0 Å². The first-order valence-electron chi connectivity index (χ1n) is 7.14. The second kappa shape index (κ2) is 8.84. The molecule has 2 heterocycles. The average molecular weight is 274 g/mol. The largest absolute Gasteiger partial charge is 0.380 e. The predicted molar refractivity (Wildman–Crippen MR) is 71.4 cm³/mol. The van der Waals surface area contributed by atoms with E-state index in [1.807, 2.05) is 0 Å². The molecule has 1 spiro atoms. The maximum absolute atomic E-state index is 5.48. The lowest BCUT2D eigenvalue weighted by Gasteiger charge is -2.42. The highest BCUT2D eigenvalue weighted by Gasteiger charge is 2.37. The van der Waals surface area contributed by atoms with E-state index in [-0.39, 0.29) is 5.41 Å². The standard InChI is InChI=1S/C13H26N2O4/c1-3-16-5-7-18-8-6-17-4-2-15-10-13(9-14-1)11-19-12-13/h14-15H,1-12H2. The van der Waals surface area contributed by atoms with Crippen LogP contribution in [0.15, 0.2) is 0 Å². The maximum atomic E-state index is 5.48. The second-order valence-electron chi connectivity index (χ2n) is 5.18. The molecule has 0 radical (unpaired) electrons. The maximum Gasteiger partial charge on any atom is 0.0701 e. The number of hydrogen-bond donors (Lipinski definition) is 2. The van der Waals surface area contributed by atoms with Gasteiger partial charge in [0.2, 0.25) is 0 Å². The Hall–Kier alpha value is -0.240. The van der Waals surface area contributed by atoms with E-state index in [2.05, 4.69) is 10.6 Å². The van der Waals surface area contributed by atoms with Gasteiger partial charge in [0.05, 0.1) is 52.9 Å². The fraction of sp³-hybridized carbons (Fsp3) is 1.00. The number of rotatable bonds is 0. The molecule has 6 nitrogen and oxygen atoms in total. The molecule has 0 aromatic heterocycles. The molecule has 2 saturated heterocycles. The number of nitrogens with one attached hydrogen (secondary N) is 2. The molecular weight excluding hydrogens is 248 g/mol. The molecule has 0 atom stereocenters. The van der Waals surface area contributed by atoms with E-state index in [4.69, 9.17) is 18.9 Å². The van der Waals surface area contributed by atoms with Crippen molar-refractivity contribution in [3.05, 3.63) is 0 Å². The van der Waals surface area contributed by atoms with Gasteiger partial charge in [-0.05, 0) is 0 Å². The summed E-state index contributed by atoms with van der Waals surface area (Å²) in [5, 5.41) is 6.89. The van der Waals surface area contributed by atoms with Gasteiger partial charge in [-0.1, -0.05) is 0 Å². The minimum atomic E-state index is 0.250. The van der Waals surface area contributed by atoms with Crippen molar-refractivity contribution >= 4 is 0 Å². The van der Waals surface area contributed by atoms with Crippen molar-refractivity contribution in [1.29, 1.82) is 0 Å². The van der Waals surface area contributed by atoms with Gasteiger partial charge in [0.15, 0.2) is 0 Å². The van der Waals surface area contributed by atoms with Gasteiger partial charge in [-0.2, -0.15) is 0 Å². The smallest absolute Gasteiger partial charge is 0.0701 e. The highest BCUT2D eigenvalue weighted by atomic mass is 16.5. The molecule has 0 amide bonds. The summed E-state index contributed by atoms with van der Waals surface area (Å²) >= 11 is 0. The molecule has 0 unspecified atom stereocenters. The zero-order chi connectivity index (χ0) is 13.2. The van der Waals surface area contributed by atoms with Crippen molar-refractivity contribution in [2.24, 2.45) is 5.41 Å². The van der Waals surface area contributed by atoms with E-state index in [0.717, 1.165) is 52.6 Å². The van der Waals surface area contributed by atoms with Crippen molar-refractivity contribution in [3.8, 4) is 0 Å². The summed E-state index contributed by atoms with van der Waals surface area (Å²) in [6, 6.07) is 0. The monoisotopic (exact) mass is 274 g/mol. The van der Waals surface area contributed by atoms with Crippen molar-refractivity contribution in [2.75, 3.05) is 79.0 Å². The molecule has 19 heavy (non-hydrogen) atoms. The van der Waals surface area contributed by atoms with Gasteiger partial charge >= 0.3 is 0 Å². The summed E-state index contributed by atoms with van der Waals surface area (Å²) in [4.78, 5) is 0. The van der Waals surface area contributed by atoms with Gasteiger partial charge in [0, 0.05) is 31.6 Å². The molecule has 2 fully saturated rings. The first-order chi connectivity index (χ1) is 9.41. The van der Waals surface area contributed by atoms with Gasteiger partial charge < -0.3 is 29.6 Å². The molecule has 112 valence electrons. The Balaban J connectivity index is 1.67. The van der Waals surface area contributed by atoms with Crippen LogP contribution in [-0.4, -0.2) is 79.0 Å². The summed E-state index contributed by atoms with van der Waals surface area (Å²) in [7, 11) is 0. The normalized spacial score (nSPS) is 27.8. The lowest BCUT2D eigenvalue weighted by molar-refractivity contribution is -0.109. The first kappa shape index (κ1) is 15.2. The van der Waals surface area contributed by atoms with Crippen LogP contribution in [0.25, 0.3) is 0 Å². The second-order valence-corrected chi connectivity index (χ2v) is 5.18. The third-order valence-electron chi connectivity index (χ3n) is 3.41.